The Bertz CT molecular complexity index is 553. The first-order valence-corrected chi connectivity index (χ1v) is 6.53. The van der Waals surface area contributed by atoms with Gasteiger partial charge in [-0.25, -0.2) is 4.39 Å². The van der Waals surface area contributed by atoms with Crippen LogP contribution in [0.5, 0.6) is 0 Å². The van der Waals surface area contributed by atoms with Crippen LogP contribution in [-0.4, -0.2) is 5.91 Å². The van der Waals surface area contributed by atoms with E-state index in [0.29, 0.717) is 17.8 Å². The molecule has 3 nitrogen and oxygen atoms in total. The minimum Gasteiger partial charge on any atom is -0.399 e. The second-order valence-corrected chi connectivity index (χ2v) is 3.93. The lowest BCUT2D eigenvalue weighted by atomic mass is 10.2. The van der Waals surface area contributed by atoms with Crippen molar-refractivity contribution in [2.75, 3.05) is 5.73 Å². The van der Waals surface area contributed by atoms with Crippen molar-refractivity contribution in [1.82, 2.24) is 5.32 Å². The number of carbonyl (C=O) groups is 1. The zero-order chi connectivity index (χ0) is 15.0. The molecule has 0 aliphatic heterocycles. The summed E-state index contributed by atoms with van der Waals surface area (Å²) in [5.74, 6) is -0.520. The molecule has 0 aromatic heterocycles. The molecule has 106 valence electrons. The zero-order valence-electron chi connectivity index (χ0n) is 11.7. The van der Waals surface area contributed by atoms with Crippen LogP contribution in [0.1, 0.15) is 29.8 Å². The van der Waals surface area contributed by atoms with E-state index in [9.17, 15) is 9.18 Å². The second-order valence-electron chi connectivity index (χ2n) is 3.93. The fourth-order valence-corrected chi connectivity index (χ4v) is 1.57. The molecule has 0 fully saturated rings. The summed E-state index contributed by atoms with van der Waals surface area (Å²) in [4.78, 5) is 11.8. The third-order valence-corrected chi connectivity index (χ3v) is 2.51. The molecule has 2 aromatic rings. The molecular formula is C16H19FN2O. The molecule has 0 saturated heterocycles. The van der Waals surface area contributed by atoms with Crippen molar-refractivity contribution in [3.63, 3.8) is 0 Å². The van der Waals surface area contributed by atoms with Crippen LogP contribution >= 0.6 is 0 Å². The van der Waals surface area contributed by atoms with Gasteiger partial charge < -0.3 is 11.1 Å². The van der Waals surface area contributed by atoms with Gasteiger partial charge in [0.05, 0.1) is 0 Å². The Balaban J connectivity index is 0.000000956. The number of hydrogen-bond donors (Lipinski definition) is 2. The average Bonchev–Trinajstić information content (AvgIpc) is 2.48. The van der Waals surface area contributed by atoms with E-state index in [1.165, 1.54) is 12.1 Å². The topological polar surface area (TPSA) is 55.1 Å². The first kappa shape index (κ1) is 15.7. The minimum atomic E-state index is -0.311. The summed E-state index contributed by atoms with van der Waals surface area (Å²) >= 11 is 0. The summed E-state index contributed by atoms with van der Waals surface area (Å²) in [5.41, 5.74) is 7.39. The Labute approximate surface area is 118 Å². The number of amides is 1. The quantitative estimate of drug-likeness (QED) is 0.843. The highest BCUT2D eigenvalue weighted by atomic mass is 19.1. The Morgan fingerprint density at radius 2 is 1.80 bits per heavy atom. The summed E-state index contributed by atoms with van der Waals surface area (Å²) in [7, 11) is 0. The van der Waals surface area contributed by atoms with Gasteiger partial charge in [-0.3, -0.25) is 4.79 Å². The van der Waals surface area contributed by atoms with Gasteiger partial charge >= 0.3 is 0 Å². The van der Waals surface area contributed by atoms with E-state index in [1.54, 1.807) is 36.4 Å². The van der Waals surface area contributed by atoms with Crippen LogP contribution in [0.2, 0.25) is 0 Å². The van der Waals surface area contributed by atoms with Crippen molar-refractivity contribution in [2.24, 2.45) is 0 Å². The van der Waals surface area contributed by atoms with Gasteiger partial charge in [0.15, 0.2) is 0 Å². The average molecular weight is 274 g/mol. The number of halogens is 1. The fourth-order valence-electron chi connectivity index (χ4n) is 1.57. The van der Waals surface area contributed by atoms with Crippen molar-refractivity contribution in [1.29, 1.82) is 0 Å². The summed E-state index contributed by atoms with van der Waals surface area (Å²) < 4.78 is 12.9. The smallest absolute Gasteiger partial charge is 0.251 e. The fraction of sp³-hybridized carbons (Fsp3) is 0.188. The molecule has 0 radical (unpaired) electrons. The van der Waals surface area contributed by atoms with Crippen LogP contribution in [0.3, 0.4) is 0 Å². The monoisotopic (exact) mass is 274 g/mol. The van der Waals surface area contributed by atoms with E-state index in [-0.39, 0.29) is 11.7 Å². The molecular weight excluding hydrogens is 255 g/mol. The SMILES string of the molecule is CC.Nc1ccc(C(=O)NCc2cccc(F)c2)cc1. The Hall–Kier alpha value is -2.36. The van der Waals surface area contributed by atoms with Crippen molar-refractivity contribution >= 4 is 11.6 Å². The highest BCUT2D eigenvalue weighted by molar-refractivity contribution is 5.94. The molecule has 0 bridgehead atoms. The third-order valence-electron chi connectivity index (χ3n) is 2.51. The van der Waals surface area contributed by atoms with Gasteiger partial charge in [0.1, 0.15) is 5.82 Å². The van der Waals surface area contributed by atoms with Crippen LogP contribution in [-0.2, 0) is 6.54 Å². The maximum absolute atomic E-state index is 12.9. The van der Waals surface area contributed by atoms with E-state index in [0.717, 1.165) is 5.56 Å². The maximum atomic E-state index is 12.9. The molecule has 0 aliphatic rings. The van der Waals surface area contributed by atoms with Crippen LogP contribution in [0.25, 0.3) is 0 Å². The molecule has 0 spiro atoms. The zero-order valence-corrected chi connectivity index (χ0v) is 11.7. The van der Waals surface area contributed by atoms with Crippen molar-refractivity contribution in [3.8, 4) is 0 Å². The van der Waals surface area contributed by atoms with Crippen LogP contribution in [0, 0.1) is 5.82 Å². The van der Waals surface area contributed by atoms with Gasteiger partial charge in [-0.05, 0) is 42.0 Å². The number of hydrogen-bond acceptors (Lipinski definition) is 2. The number of nitrogen functional groups attached to an aromatic ring is 1. The molecule has 0 aliphatic carbocycles. The highest BCUT2D eigenvalue weighted by Gasteiger charge is 2.04. The van der Waals surface area contributed by atoms with Crippen molar-refractivity contribution in [3.05, 3.63) is 65.5 Å². The predicted octanol–water partition coefficient (Wildman–Crippen LogP) is 3.36. The second kappa shape index (κ2) is 7.94. The van der Waals surface area contributed by atoms with Gasteiger partial charge in [-0.2, -0.15) is 0 Å². The number of carbonyl (C=O) groups excluding carboxylic acids is 1. The molecule has 0 saturated carbocycles. The highest BCUT2D eigenvalue weighted by Crippen LogP contribution is 2.06. The summed E-state index contributed by atoms with van der Waals surface area (Å²) in [6.07, 6.45) is 0. The largest absolute Gasteiger partial charge is 0.399 e. The first-order valence-electron chi connectivity index (χ1n) is 6.53. The number of nitrogens with one attached hydrogen (secondary N) is 1. The maximum Gasteiger partial charge on any atom is 0.251 e. The number of nitrogens with two attached hydrogens (primary N) is 1. The van der Waals surface area contributed by atoms with Crippen LogP contribution < -0.4 is 11.1 Å². The molecule has 1 amide bonds. The summed E-state index contributed by atoms with van der Waals surface area (Å²) in [6.45, 7) is 4.29. The Morgan fingerprint density at radius 1 is 1.15 bits per heavy atom. The van der Waals surface area contributed by atoms with E-state index in [1.807, 2.05) is 13.8 Å². The van der Waals surface area contributed by atoms with E-state index < -0.39 is 0 Å². The number of benzene rings is 2. The molecule has 2 rings (SSSR count). The van der Waals surface area contributed by atoms with Crippen molar-refractivity contribution < 1.29 is 9.18 Å². The van der Waals surface area contributed by atoms with E-state index >= 15 is 0 Å². The molecule has 3 N–H and O–H groups in total. The van der Waals surface area contributed by atoms with Gasteiger partial charge in [-0.15, -0.1) is 0 Å². The molecule has 2 aromatic carbocycles. The van der Waals surface area contributed by atoms with E-state index in [2.05, 4.69) is 5.32 Å². The third kappa shape index (κ3) is 4.72. The number of anilines is 1. The predicted molar refractivity (Wildman–Crippen MR) is 79.8 cm³/mol. The Morgan fingerprint density at radius 3 is 2.40 bits per heavy atom. The molecule has 0 atom stereocenters. The number of rotatable bonds is 3. The van der Waals surface area contributed by atoms with Gasteiger partial charge in [0.25, 0.3) is 5.91 Å². The van der Waals surface area contributed by atoms with Crippen LogP contribution in [0.4, 0.5) is 10.1 Å². The normalized spacial score (nSPS) is 9.35. The van der Waals surface area contributed by atoms with E-state index in [4.69, 9.17) is 5.73 Å². The molecule has 0 unspecified atom stereocenters. The summed E-state index contributed by atoms with van der Waals surface area (Å²) in [5, 5.41) is 2.72. The lowest BCUT2D eigenvalue weighted by molar-refractivity contribution is 0.0951. The van der Waals surface area contributed by atoms with Crippen LogP contribution in [0.15, 0.2) is 48.5 Å². The van der Waals surface area contributed by atoms with Gasteiger partial charge in [0, 0.05) is 17.8 Å². The molecule has 4 heteroatoms. The van der Waals surface area contributed by atoms with Crippen molar-refractivity contribution in [2.45, 2.75) is 20.4 Å². The lowest BCUT2D eigenvalue weighted by Gasteiger charge is -2.05. The van der Waals surface area contributed by atoms with Gasteiger partial charge in [0.2, 0.25) is 0 Å². The molecule has 0 heterocycles. The first-order chi connectivity index (χ1) is 9.65. The lowest BCUT2D eigenvalue weighted by Crippen LogP contribution is -2.22. The summed E-state index contributed by atoms with van der Waals surface area (Å²) in [6, 6.07) is 12.8. The minimum absolute atomic E-state index is 0.209. The Kier molecular flexibility index (Phi) is 6.23. The van der Waals surface area contributed by atoms with Gasteiger partial charge in [-0.1, -0.05) is 26.0 Å². The molecule has 20 heavy (non-hydrogen) atoms. The standard InChI is InChI=1S/C14H13FN2O.C2H6/c15-12-3-1-2-10(8-12)9-17-14(18)11-4-6-13(16)7-5-11;1-2/h1-8H,9,16H2,(H,17,18);1-2H3.